The number of rotatable bonds is 7. The Morgan fingerprint density at radius 3 is 2.76 bits per heavy atom. The van der Waals surface area contributed by atoms with Crippen molar-refractivity contribution < 1.29 is 14.2 Å². The lowest BCUT2D eigenvalue weighted by Crippen LogP contribution is -2.34. The molecule has 10 heteroatoms. The standard InChI is InChI=1S/C27H29ClFN7O/c1-15-9-25(37-2)32-12-20(15)16-10-24-26(34-19-6-4-18(30)5-7-19)21(13-33-36(24)14-16)27(31)35-23-11-17(29)3-8-22(23)28/h3,8-12,14,18-19,27,35H,4-7,30-31H2,1-2H3/p+1. The van der Waals surface area contributed by atoms with Crippen LogP contribution in [0.1, 0.15) is 43.0 Å². The largest absolute Gasteiger partial charge is 0.481 e. The molecule has 5 rings (SSSR count). The number of pyridine rings is 1. The van der Waals surface area contributed by atoms with Gasteiger partial charge in [-0.25, -0.2) is 9.37 Å². The van der Waals surface area contributed by atoms with Crippen molar-refractivity contribution in [3.8, 4) is 17.0 Å². The fourth-order valence-electron chi connectivity index (χ4n) is 4.81. The van der Waals surface area contributed by atoms with E-state index in [1.807, 2.05) is 19.2 Å². The van der Waals surface area contributed by atoms with Crippen molar-refractivity contribution in [1.82, 2.24) is 9.50 Å². The number of benzene rings is 1. The zero-order chi connectivity index (χ0) is 26.1. The Kier molecular flexibility index (Phi) is 7.07. The number of aromatic nitrogens is 3. The lowest BCUT2D eigenvalue weighted by atomic mass is 9.91. The molecule has 0 amide bonds. The Balaban J connectivity index is 1.56. The zero-order valence-electron chi connectivity index (χ0n) is 20.8. The third-order valence-electron chi connectivity index (χ3n) is 6.88. The van der Waals surface area contributed by atoms with Gasteiger partial charge in [0.15, 0.2) is 0 Å². The molecule has 1 aromatic carbocycles. The van der Waals surface area contributed by atoms with Gasteiger partial charge in [-0.05, 0) is 67.0 Å². The van der Waals surface area contributed by atoms with Crippen LogP contribution in [-0.2, 0) is 0 Å². The van der Waals surface area contributed by atoms with E-state index in [4.69, 9.17) is 27.8 Å². The van der Waals surface area contributed by atoms with Crippen molar-refractivity contribution in [2.45, 2.75) is 50.9 Å². The van der Waals surface area contributed by atoms with Crippen molar-refractivity contribution in [1.29, 1.82) is 0 Å². The molecule has 1 fully saturated rings. The number of hydrogen-bond donors (Lipinski definition) is 4. The van der Waals surface area contributed by atoms with Gasteiger partial charge in [-0.2, -0.15) is 0 Å². The molecule has 8 nitrogen and oxygen atoms in total. The van der Waals surface area contributed by atoms with E-state index >= 15 is 0 Å². The van der Waals surface area contributed by atoms with Crippen LogP contribution >= 0.6 is 11.6 Å². The lowest BCUT2D eigenvalue weighted by molar-refractivity contribution is -0.393. The molecule has 192 valence electrons. The van der Waals surface area contributed by atoms with E-state index in [0.717, 1.165) is 53.6 Å². The molecular weight excluding hydrogens is 493 g/mol. The summed E-state index contributed by atoms with van der Waals surface area (Å²) >= 11 is 6.28. The summed E-state index contributed by atoms with van der Waals surface area (Å²) in [6.07, 6.45) is 9.88. The second-order valence-corrected chi connectivity index (χ2v) is 9.91. The fraction of sp³-hybridized carbons (Fsp3) is 0.333. The van der Waals surface area contributed by atoms with Crippen LogP contribution in [0.3, 0.4) is 0 Å². The van der Waals surface area contributed by atoms with Gasteiger partial charge in [0.05, 0.1) is 34.8 Å². The second kappa shape index (κ2) is 10.4. The van der Waals surface area contributed by atoms with Crippen LogP contribution in [0.25, 0.3) is 16.6 Å². The zero-order valence-corrected chi connectivity index (χ0v) is 21.5. The predicted octanol–water partition coefficient (Wildman–Crippen LogP) is 4.26. The molecule has 3 aromatic heterocycles. The lowest BCUT2D eigenvalue weighted by Gasteiger charge is -2.28. The van der Waals surface area contributed by atoms with Gasteiger partial charge in [0.1, 0.15) is 23.1 Å². The summed E-state index contributed by atoms with van der Waals surface area (Å²) in [4.78, 5) is 4.38. The molecule has 1 aliphatic carbocycles. The maximum Gasteiger partial charge on any atom is 0.359 e. The van der Waals surface area contributed by atoms with E-state index in [1.54, 1.807) is 17.8 Å². The third kappa shape index (κ3) is 5.27. The monoisotopic (exact) mass is 522 g/mol. The minimum absolute atomic E-state index is 0.228. The molecule has 1 atom stereocenters. The number of halogens is 2. The van der Waals surface area contributed by atoms with Gasteiger partial charge in [0.2, 0.25) is 5.88 Å². The van der Waals surface area contributed by atoms with Crippen LogP contribution in [0.2, 0.25) is 5.02 Å². The first kappa shape index (κ1) is 25.1. The van der Waals surface area contributed by atoms with E-state index in [-0.39, 0.29) is 12.1 Å². The van der Waals surface area contributed by atoms with Gasteiger partial charge in [-0.3, -0.25) is 0 Å². The van der Waals surface area contributed by atoms with Crippen LogP contribution < -0.4 is 31.9 Å². The molecule has 0 bridgehead atoms. The number of hydrogen-bond acceptors (Lipinski definition) is 6. The maximum absolute atomic E-state index is 13.9. The summed E-state index contributed by atoms with van der Waals surface area (Å²) in [7, 11) is 1.60. The first-order valence-electron chi connectivity index (χ1n) is 12.3. The quantitative estimate of drug-likeness (QED) is 0.268. The summed E-state index contributed by atoms with van der Waals surface area (Å²) in [5, 5.41) is 11.7. The van der Waals surface area contributed by atoms with E-state index in [0.29, 0.717) is 22.2 Å². The number of nitrogens with zero attached hydrogens (tertiary/aromatic N) is 3. The highest BCUT2D eigenvalue weighted by molar-refractivity contribution is 6.33. The summed E-state index contributed by atoms with van der Waals surface area (Å²) < 4.78 is 20.9. The van der Waals surface area contributed by atoms with E-state index in [9.17, 15) is 4.39 Å². The number of aryl methyl sites for hydroxylation is 1. The van der Waals surface area contributed by atoms with Crippen molar-refractivity contribution in [2.24, 2.45) is 11.5 Å². The molecule has 0 saturated heterocycles. The SMILES string of the molecule is COc1cc(C)c(-c2cc3c(NC4CCC(N)CC4)c(C(N)Nc4cc(F)ccc4Cl)c#[n+]n3c2)cn1. The molecule has 1 saturated carbocycles. The Morgan fingerprint density at radius 1 is 1.24 bits per heavy atom. The van der Waals surface area contributed by atoms with Crippen LogP contribution in [0.5, 0.6) is 5.88 Å². The van der Waals surface area contributed by atoms with Gasteiger partial charge < -0.3 is 26.8 Å². The number of methoxy groups -OCH3 is 1. The average Bonchev–Trinajstić information content (AvgIpc) is 3.32. The second-order valence-electron chi connectivity index (χ2n) is 9.50. The summed E-state index contributed by atoms with van der Waals surface area (Å²) in [6, 6.07) is 8.52. The first-order chi connectivity index (χ1) is 17.8. The molecular formula is C27H30ClFN7O+. The average molecular weight is 523 g/mol. The smallest absolute Gasteiger partial charge is 0.359 e. The van der Waals surface area contributed by atoms with E-state index in [1.165, 1.54) is 18.2 Å². The molecule has 6 N–H and O–H groups in total. The number of nitrogens with two attached hydrogens (primary N) is 2. The van der Waals surface area contributed by atoms with Gasteiger partial charge in [-0.1, -0.05) is 11.6 Å². The first-order valence-corrected chi connectivity index (χ1v) is 12.6. The Bertz CT molecular complexity index is 1420. The fourth-order valence-corrected chi connectivity index (χ4v) is 4.98. The minimum Gasteiger partial charge on any atom is -0.481 e. The molecule has 0 radical (unpaired) electrons. The summed E-state index contributed by atoms with van der Waals surface area (Å²) in [6.45, 7) is 2.01. The van der Waals surface area contributed by atoms with Crippen molar-refractivity contribution in [2.75, 3.05) is 17.7 Å². The normalized spacial score (nSPS) is 18.3. The van der Waals surface area contributed by atoms with E-state index < -0.39 is 12.0 Å². The topological polar surface area (TPSA) is 117 Å². The molecule has 4 aromatic rings. The number of fused-ring (bicyclic) bond motifs is 1. The van der Waals surface area contributed by atoms with Crippen LogP contribution in [0.4, 0.5) is 15.8 Å². The van der Waals surface area contributed by atoms with Gasteiger partial charge in [0, 0.05) is 35.5 Å². The highest BCUT2D eigenvalue weighted by Gasteiger charge is 2.26. The Morgan fingerprint density at radius 2 is 2.03 bits per heavy atom. The van der Waals surface area contributed by atoms with Crippen LogP contribution in [-0.4, -0.2) is 28.7 Å². The van der Waals surface area contributed by atoms with Crippen molar-refractivity contribution in [3.05, 3.63) is 70.9 Å². The molecule has 0 spiro atoms. The molecule has 1 aliphatic rings. The number of ether oxygens (including phenoxy) is 1. The minimum atomic E-state index is -0.743. The summed E-state index contributed by atoms with van der Waals surface area (Å²) in [5.41, 5.74) is 18.3. The van der Waals surface area contributed by atoms with Crippen LogP contribution in [0, 0.1) is 18.9 Å². The molecule has 0 aliphatic heterocycles. The van der Waals surface area contributed by atoms with Gasteiger partial charge in [0.25, 0.3) is 0 Å². The van der Waals surface area contributed by atoms with Crippen molar-refractivity contribution >= 4 is 28.5 Å². The number of nitrogens with one attached hydrogen (secondary N) is 2. The van der Waals surface area contributed by atoms with Gasteiger partial charge in [-0.15, -0.1) is 0 Å². The van der Waals surface area contributed by atoms with Crippen molar-refractivity contribution in [3.63, 3.8) is 0 Å². The number of anilines is 2. The Hall–Kier alpha value is -3.58. The Labute approximate surface area is 220 Å². The van der Waals surface area contributed by atoms with Gasteiger partial charge >= 0.3 is 6.20 Å². The molecule has 1 unspecified atom stereocenters. The van der Waals surface area contributed by atoms with Crippen LogP contribution in [0.15, 0.2) is 42.7 Å². The molecule has 3 heterocycles. The highest BCUT2D eigenvalue weighted by Crippen LogP contribution is 2.34. The van der Waals surface area contributed by atoms with E-state index in [2.05, 4.69) is 33.0 Å². The maximum atomic E-state index is 13.9. The molecule has 37 heavy (non-hydrogen) atoms. The highest BCUT2D eigenvalue weighted by atomic mass is 35.5. The predicted molar refractivity (Wildman–Crippen MR) is 142 cm³/mol. The third-order valence-corrected chi connectivity index (χ3v) is 7.21. The summed E-state index contributed by atoms with van der Waals surface area (Å²) in [5.74, 6) is 0.151.